The molecule has 0 amide bonds. The summed E-state index contributed by atoms with van der Waals surface area (Å²) in [5.41, 5.74) is 0.546. The van der Waals surface area contributed by atoms with Crippen molar-refractivity contribution in [2.45, 2.75) is 59.0 Å². The maximum Gasteiger partial charge on any atom is 0.343 e. The SMILES string of the molecule is C=CC(=O)OC(CCC)Oc1ccc2cc(C(=O)Oc3ccc(OC(=O)c4ccc5cc(OC(CCC)OC(=O)C=C)ccc5c4)c(C(C)=O)c3)ccc2c1. The standard InChI is InChI=1S/C44H40O11/c1-6-10-41(54-39(46)8-3)50-34-18-16-28-22-32(14-12-30(28)24-34)43(48)52-36-20-21-38(37(26-36)27(5)45)53-44(49)33-15-13-31-25-35(19-17-29(31)23-33)51-42(11-7-2)55-40(47)9-4/h8-9,12-26,41-42H,3-4,6-7,10-11H2,1-2,5H3. The molecule has 55 heavy (non-hydrogen) atoms. The molecule has 0 aliphatic heterocycles. The third-order valence-corrected chi connectivity index (χ3v) is 8.25. The summed E-state index contributed by atoms with van der Waals surface area (Å²) in [4.78, 5) is 62.4. The van der Waals surface area contributed by atoms with Crippen molar-refractivity contribution in [3.63, 3.8) is 0 Å². The van der Waals surface area contributed by atoms with Crippen LogP contribution in [0.4, 0.5) is 0 Å². The summed E-state index contributed by atoms with van der Waals surface area (Å²) in [6.45, 7) is 12.0. The fourth-order valence-electron chi connectivity index (χ4n) is 5.52. The van der Waals surface area contributed by atoms with Crippen molar-refractivity contribution in [2.75, 3.05) is 0 Å². The number of fused-ring (bicyclic) bond motifs is 2. The molecule has 0 saturated carbocycles. The molecule has 0 spiro atoms. The van der Waals surface area contributed by atoms with Gasteiger partial charge >= 0.3 is 23.9 Å². The molecule has 0 bridgehead atoms. The molecule has 2 unspecified atom stereocenters. The van der Waals surface area contributed by atoms with E-state index in [-0.39, 0.29) is 28.2 Å². The van der Waals surface area contributed by atoms with Gasteiger partial charge in [-0.2, -0.15) is 0 Å². The Labute approximate surface area is 318 Å². The highest BCUT2D eigenvalue weighted by Crippen LogP contribution is 2.29. The normalized spacial score (nSPS) is 11.8. The van der Waals surface area contributed by atoms with Crippen LogP contribution in [0.5, 0.6) is 23.0 Å². The predicted octanol–water partition coefficient (Wildman–Crippen LogP) is 9.10. The molecule has 2 atom stereocenters. The topological polar surface area (TPSA) is 141 Å². The van der Waals surface area contributed by atoms with E-state index in [0.29, 0.717) is 24.3 Å². The lowest BCUT2D eigenvalue weighted by molar-refractivity contribution is -0.159. The first-order valence-electron chi connectivity index (χ1n) is 17.7. The van der Waals surface area contributed by atoms with Gasteiger partial charge in [0, 0.05) is 25.0 Å². The highest BCUT2D eigenvalue weighted by atomic mass is 16.7. The average Bonchev–Trinajstić information content (AvgIpc) is 3.17. The minimum Gasteiger partial charge on any atom is -0.455 e. The monoisotopic (exact) mass is 744 g/mol. The predicted molar refractivity (Wildman–Crippen MR) is 205 cm³/mol. The van der Waals surface area contributed by atoms with E-state index in [2.05, 4.69) is 13.2 Å². The van der Waals surface area contributed by atoms with Crippen LogP contribution in [0.2, 0.25) is 0 Å². The smallest absolute Gasteiger partial charge is 0.343 e. The zero-order valence-corrected chi connectivity index (χ0v) is 30.7. The van der Waals surface area contributed by atoms with Crippen molar-refractivity contribution in [3.05, 3.63) is 133 Å². The largest absolute Gasteiger partial charge is 0.455 e. The molecule has 282 valence electrons. The van der Waals surface area contributed by atoms with Crippen LogP contribution < -0.4 is 18.9 Å². The summed E-state index contributed by atoms with van der Waals surface area (Å²) in [7, 11) is 0. The Bertz CT molecular complexity index is 2270. The van der Waals surface area contributed by atoms with Crippen LogP contribution in [0.15, 0.2) is 116 Å². The molecule has 0 radical (unpaired) electrons. The van der Waals surface area contributed by atoms with Gasteiger partial charge in [0.25, 0.3) is 0 Å². The first kappa shape index (κ1) is 39.5. The fourth-order valence-corrected chi connectivity index (χ4v) is 5.52. The summed E-state index contributed by atoms with van der Waals surface area (Å²) in [5.74, 6) is -1.87. The first-order valence-corrected chi connectivity index (χ1v) is 17.7. The van der Waals surface area contributed by atoms with Crippen LogP contribution in [0, 0.1) is 0 Å². The molecule has 11 heteroatoms. The van der Waals surface area contributed by atoms with Crippen molar-refractivity contribution >= 4 is 51.2 Å². The molecule has 11 nitrogen and oxygen atoms in total. The lowest BCUT2D eigenvalue weighted by Gasteiger charge is -2.18. The highest BCUT2D eigenvalue weighted by Gasteiger charge is 2.19. The number of esters is 4. The van der Waals surface area contributed by atoms with Crippen LogP contribution in [0.3, 0.4) is 0 Å². The Hall–Kier alpha value is -6.75. The van der Waals surface area contributed by atoms with Gasteiger partial charge in [-0.25, -0.2) is 19.2 Å². The van der Waals surface area contributed by atoms with Gasteiger partial charge in [-0.15, -0.1) is 0 Å². The minimum absolute atomic E-state index is 0.00124. The Balaban J connectivity index is 1.26. The number of Topliss-reactive ketones (excluding diaryl/α,β-unsaturated/α-hetero) is 1. The molecule has 0 N–H and O–H groups in total. The van der Waals surface area contributed by atoms with E-state index in [0.717, 1.165) is 46.5 Å². The molecule has 5 rings (SSSR count). The number of carbonyl (C=O) groups is 5. The van der Waals surface area contributed by atoms with Gasteiger partial charge in [0.15, 0.2) is 5.78 Å². The molecule has 5 aromatic rings. The number of ether oxygens (including phenoxy) is 6. The molecule has 0 aliphatic carbocycles. The summed E-state index contributed by atoms with van der Waals surface area (Å²) in [5, 5.41) is 3.00. The zero-order chi connectivity index (χ0) is 39.5. The number of ketones is 1. The van der Waals surface area contributed by atoms with Gasteiger partial charge in [-0.05, 0) is 108 Å². The Morgan fingerprint density at radius 2 is 1.00 bits per heavy atom. The fraction of sp³-hybridized carbons (Fsp3) is 0.205. The van der Waals surface area contributed by atoms with Crippen molar-refractivity contribution < 1.29 is 52.4 Å². The van der Waals surface area contributed by atoms with E-state index in [1.54, 1.807) is 72.8 Å². The van der Waals surface area contributed by atoms with Gasteiger partial charge in [0.2, 0.25) is 12.6 Å². The third kappa shape index (κ3) is 10.4. The van der Waals surface area contributed by atoms with Crippen LogP contribution in [-0.4, -0.2) is 42.2 Å². The summed E-state index contributed by atoms with van der Waals surface area (Å²) in [6.07, 6.45) is 3.08. The van der Waals surface area contributed by atoms with Gasteiger partial charge in [0.05, 0.1) is 16.7 Å². The van der Waals surface area contributed by atoms with Gasteiger partial charge < -0.3 is 28.4 Å². The molecule has 0 aromatic heterocycles. The molecule has 0 fully saturated rings. The molecule has 0 aliphatic rings. The van der Waals surface area contributed by atoms with Crippen LogP contribution >= 0.6 is 0 Å². The zero-order valence-electron chi connectivity index (χ0n) is 30.7. The summed E-state index contributed by atoms with van der Waals surface area (Å²) in [6, 6.07) is 24.6. The molecular weight excluding hydrogens is 704 g/mol. The Morgan fingerprint density at radius 3 is 1.45 bits per heavy atom. The van der Waals surface area contributed by atoms with E-state index in [4.69, 9.17) is 28.4 Å². The average molecular weight is 745 g/mol. The lowest BCUT2D eigenvalue weighted by atomic mass is 10.1. The molecule has 0 heterocycles. The maximum absolute atomic E-state index is 13.2. The second-order valence-electron chi connectivity index (χ2n) is 12.4. The van der Waals surface area contributed by atoms with E-state index in [1.807, 2.05) is 13.8 Å². The Morgan fingerprint density at radius 1 is 0.564 bits per heavy atom. The van der Waals surface area contributed by atoms with Crippen molar-refractivity contribution in [2.24, 2.45) is 0 Å². The van der Waals surface area contributed by atoms with Crippen LogP contribution in [0.1, 0.15) is 77.5 Å². The third-order valence-electron chi connectivity index (χ3n) is 8.25. The number of hydrogen-bond donors (Lipinski definition) is 0. The second-order valence-corrected chi connectivity index (χ2v) is 12.4. The van der Waals surface area contributed by atoms with Crippen LogP contribution in [0.25, 0.3) is 21.5 Å². The van der Waals surface area contributed by atoms with Crippen molar-refractivity contribution in [1.82, 2.24) is 0 Å². The van der Waals surface area contributed by atoms with E-state index in [9.17, 15) is 24.0 Å². The van der Waals surface area contributed by atoms with Crippen molar-refractivity contribution in [1.29, 1.82) is 0 Å². The maximum atomic E-state index is 13.2. The van der Waals surface area contributed by atoms with E-state index in [1.165, 1.54) is 25.1 Å². The van der Waals surface area contributed by atoms with E-state index < -0.39 is 42.2 Å². The number of rotatable bonds is 17. The highest BCUT2D eigenvalue weighted by molar-refractivity contribution is 6.01. The summed E-state index contributed by atoms with van der Waals surface area (Å²) < 4.78 is 33.5. The molecule has 5 aromatic carbocycles. The van der Waals surface area contributed by atoms with Gasteiger partial charge in [-0.3, -0.25) is 4.79 Å². The number of benzene rings is 5. The minimum atomic E-state index is -0.773. The Kier molecular flexibility index (Phi) is 13.2. The quantitative estimate of drug-likeness (QED) is 0.0296. The molecule has 0 saturated heterocycles. The molecular formula is C44H40O11. The number of carbonyl (C=O) groups excluding carboxylic acids is 5. The lowest BCUT2D eigenvalue weighted by Crippen LogP contribution is -2.23. The van der Waals surface area contributed by atoms with Gasteiger partial charge in [0.1, 0.15) is 23.0 Å². The summed E-state index contributed by atoms with van der Waals surface area (Å²) >= 11 is 0. The second kappa shape index (κ2) is 18.3. The first-order chi connectivity index (χ1) is 26.5. The van der Waals surface area contributed by atoms with Crippen LogP contribution in [-0.2, 0) is 19.1 Å². The number of hydrogen-bond acceptors (Lipinski definition) is 11. The van der Waals surface area contributed by atoms with Gasteiger partial charge in [-0.1, -0.05) is 51.3 Å². The van der Waals surface area contributed by atoms with E-state index >= 15 is 0 Å². The van der Waals surface area contributed by atoms with Crippen molar-refractivity contribution in [3.8, 4) is 23.0 Å².